The number of carbonyl (C=O) groups is 1. The molecular formula is C14H17N3O5. The lowest BCUT2D eigenvalue weighted by molar-refractivity contribution is -0.385. The van der Waals surface area contributed by atoms with Gasteiger partial charge < -0.3 is 14.7 Å². The number of nitrogens with zero attached hydrogens (tertiary/aromatic N) is 2. The van der Waals surface area contributed by atoms with Gasteiger partial charge in [0.1, 0.15) is 5.75 Å². The van der Waals surface area contributed by atoms with Crippen LogP contribution in [-0.4, -0.2) is 48.3 Å². The molecule has 1 aliphatic rings. The first-order chi connectivity index (χ1) is 10.4. The third kappa shape index (κ3) is 3.34. The summed E-state index contributed by atoms with van der Waals surface area (Å²) in [6.07, 6.45) is 1.32. The zero-order valence-electron chi connectivity index (χ0n) is 12.3. The van der Waals surface area contributed by atoms with Crippen LogP contribution in [0.15, 0.2) is 18.2 Å². The molecule has 1 amide bonds. The van der Waals surface area contributed by atoms with Crippen LogP contribution in [0.25, 0.3) is 5.57 Å². The molecule has 0 fully saturated rings. The average Bonchev–Trinajstić information content (AvgIpc) is 2.47. The van der Waals surface area contributed by atoms with Gasteiger partial charge in [0.2, 0.25) is 0 Å². The van der Waals surface area contributed by atoms with Gasteiger partial charge in [-0.15, -0.1) is 0 Å². The standard InChI is InChI=1S/C14H17N3O5/c1-16-5-3-9(4-6-16)10-7-13(22-2)11(15-14(18)19)8-12(10)17(20)21/h3,7-8,15H,4-6H2,1-2H3,(H,18,19). The fraction of sp³-hybridized carbons (Fsp3) is 0.357. The Kier molecular flexibility index (Phi) is 4.62. The van der Waals surface area contributed by atoms with E-state index in [1.54, 1.807) is 0 Å². The molecule has 0 spiro atoms. The normalized spacial score (nSPS) is 15.1. The summed E-state index contributed by atoms with van der Waals surface area (Å²) in [5.41, 5.74) is 1.25. The van der Waals surface area contributed by atoms with Gasteiger partial charge in [-0.05, 0) is 25.1 Å². The molecule has 0 atom stereocenters. The lowest BCUT2D eigenvalue weighted by Crippen LogP contribution is -2.23. The summed E-state index contributed by atoms with van der Waals surface area (Å²) >= 11 is 0. The molecule has 118 valence electrons. The molecule has 2 rings (SSSR count). The molecule has 0 bridgehead atoms. The number of carboxylic acid groups (broad SMARTS) is 1. The summed E-state index contributed by atoms with van der Waals surface area (Å²) in [5.74, 6) is 0.253. The van der Waals surface area contributed by atoms with Crippen LogP contribution in [0.5, 0.6) is 5.75 Å². The number of amides is 1. The van der Waals surface area contributed by atoms with Gasteiger partial charge in [0.05, 0.1) is 23.3 Å². The maximum Gasteiger partial charge on any atom is 0.409 e. The number of ether oxygens (including phenoxy) is 1. The maximum absolute atomic E-state index is 11.3. The fourth-order valence-corrected chi connectivity index (χ4v) is 2.37. The number of nitro groups is 1. The topological polar surface area (TPSA) is 105 Å². The smallest absolute Gasteiger partial charge is 0.409 e. The second-order valence-corrected chi connectivity index (χ2v) is 5.00. The van der Waals surface area contributed by atoms with Crippen molar-refractivity contribution in [2.24, 2.45) is 0 Å². The Hall–Kier alpha value is -2.61. The first-order valence-corrected chi connectivity index (χ1v) is 6.66. The van der Waals surface area contributed by atoms with Crippen LogP contribution in [-0.2, 0) is 0 Å². The van der Waals surface area contributed by atoms with E-state index in [0.29, 0.717) is 18.5 Å². The van der Waals surface area contributed by atoms with Gasteiger partial charge in [-0.2, -0.15) is 0 Å². The second-order valence-electron chi connectivity index (χ2n) is 5.00. The van der Waals surface area contributed by atoms with Gasteiger partial charge in [-0.3, -0.25) is 15.4 Å². The number of benzene rings is 1. The van der Waals surface area contributed by atoms with Gasteiger partial charge in [0, 0.05) is 19.2 Å². The van der Waals surface area contributed by atoms with Crippen LogP contribution in [0.2, 0.25) is 0 Å². The Morgan fingerprint density at radius 1 is 1.50 bits per heavy atom. The molecule has 0 aromatic heterocycles. The Bertz CT molecular complexity index is 642. The van der Waals surface area contributed by atoms with Gasteiger partial charge in [-0.1, -0.05) is 6.08 Å². The minimum Gasteiger partial charge on any atom is -0.495 e. The molecule has 22 heavy (non-hydrogen) atoms. The number of nitro benzene ring substituents is 1. The highest BCUT2D eigenvalue weighted by molar-refractivity contribution is 5.88. The molecule has 1 heterocycles. The van der Waals surface area contributed by atoms with Gasteiger partial charge in [0.25, 0.3) is 5.69 Å². The third-order valence-corrected chi connectivity index (χ3v) is 3.51. The van der Waals surface area contributed by atoms with E-state index >= 15 is 0 Å². The zero-order chi connectivity index (χ0) is 16.3. The fourth-order valence-electron chi connectivity index (χ4n) is 2.37. The molecule has 8 nitrogen and oxygen atoms in total. The number of nitrogens with one attached hydrogen (secondary N) is 1. The molecule has 1 aromatic rings. The van der Waals surface area contributed by atoms with Gasteiger partial charge >= 0.3 is 6.09 Å². The number of hydrogen-bond donors (Lipinski definition) is 2. The van der Waals surface area contributed by atoms with Crippen molar-refractivity contribution in [2.45, 2.75) is 6.42 Å². The number of hydrogen-bond acceptors (Lipinski definition) is 5. The van der Waals surface area contributed by atoms with Crippen LogP contribution in [0.4, 0.5) is 16.2 Å². The molecule has 0 radical (unpaired) electrons. The summed E-state index contributed by atoms with van der Waals surface area (Å²) < 4.78 is 5.15. The second kappa shape index (κ2) is 6.44. The van der Waals surface area contributed by atoms with Crippen molar-refractivity contribution < 1.29 is 19.6 Å². The maximum atomic E-state index is 11.3. The van der Waals surface area contributed by atoms with Crippen molar-refractivity contribution in [2.75, 3.05) is 32.6 Å². The van der Waals surface area contributed by atoms with Crippen LogP contribution in [0.1, 0.15) is 12.0 Å². The molecule has 0 saturated carbocycles. The molecule has 0 aliphatic carbocycles. The van der Waals surface area contributed by atoms with E-state index in [2.05, 4.69) is 10.2 Å². The monoisotopic (exact) mass is 307 g/mol. The van der Waals surface area contributed by atoms with E-state index in [-0.39, 0.29) is 17.1 Å². The van der Waals surface area contributed by atoms with E-state index in [1.165, 1.54) is 19.2 Å². The quantitative estimate of drug-likeness (QED) is 0.653. The molecule has 0 saturated heterocycles. The Morgan fingerprint density at radius 3 is 2.73 bits per heavy atom. The predicted octanol–water partition coefficient (Wildman–Crippen LogP) is 2.41. The molecule has 8 heteroatoms. The van der Waals surface area contributed by atoms with Crippen molar-refractivity contribution in [1.82, 2.24) is 4.90 Å². The summed E-state index contributed by atoms with van der Waals surface area (Å²) in [6.45, 7) is 1.52. The minimum absolute atomic E-state index is 0.0546. The summed E-state index contributed by atoms with van der Waals surface area (Å²) in [7, 11) is 3.36. The van der Waals surface area contributed by atoms with Crippen molar-refractivity contribution in [3.8, 4) is 5.75 Å². The number of methoxy groups -OCH3 is 1. The SMILES string of the molecule is COc1cc(C2=CCN(C)CC2)c([N+](=O)[O-])cc1NC(=O)O. The number of likely N-dealkylation sites (N-methyl/N-ethyl adjacent to an activating group) is 1. The highest BCUT2D eigenvalue weighted by Gasteiger charge is 2.23. The zero-order valence-corrected chi connectivity index (χ0v) is 12.3. The Morgan fingerprint density at radius 2 is 2.23 bits per heavy atom. The van der Waals surface area contributed by atoms with Crippen LogP contribution >= 0.6 is 0 Å². The summed E-state index contributed by atoms with van der Waals surface area (Å²) in [5, 5.41) is 22.2. The lowest BCUT2D eigenvalue weighted by atomic mass is 9.97. The van der Waals surface area contributed by atoms with Crippen LogP contribution in [0.3, 0.4) is 0 Å². The minimum atomic E-state index is -1.31. The van der Waals surface area contributed by atoms with E-state index in [1.807, 2.05) is 13.1 Å². The number of rotatable bonds is 4. The predicted molar refractivity (Wildman–Crippen MR) is 81.4 cm³/mol. The molecule has 1 aliphatic heterocycles. The highest BCUT2D eigenvalue weighted by atomic mass is 16.6. The highest BCUT2D eigenvalue weighted by Crippen LogP contribution is 2.38. The average molecular weight is 307 g/mol. The van der Waals surface area contributed by atoms with E-state index < -0.39 is 11.0 Å². The van der Waals surface area contributed by atoms with Crippen molar-refractivity contribution in [3.63, 3.8) is 0 Å². The summed E-state index contributed by atoms with van der Waals surface area (Å²) in [4.78, 5) is 23.7. The van der Waals surface area contributed by atoms with Crippen molar-refractivity contribution >= 4 is 23.0 Å². The molecule has 2 N–H and O–H groups in total. The van der Waals surface area contributed by atoms with E-state index in [9.17, 15) is 14.9 Å². The number of anilines is 1. The Balaban J connectivity index is 2.53. The molecular weight excluding hydrogens is 290 g/mol. The van der Waals surface area contributed by atoms with Gasteiger partial charge in [0.15, 0.2) is 0 Å². The van der Waals surface area contributed by atoms with Crippen LogP contribution < -0.4 is 10.1 Å². The van der Waals surface area contributed by atoms with E-state index in [4.69, 9.17) is 9.84 Å². The van der Waals surface area contributed by atoms with Crippen molar-refractivity contribution in [3.05, 3.63) is 33.9 Å². The van der Waals surface area contributed by atoms with E-state index in [0.717, 1.165) is 12.1 Å². The Labute approximate surface area is 127 Å². The first-order valence-electron chi connectivity index (χ1n) is 6.66. The first kappa shape index (κ1) is 15.8. The van der Waals surface area contributed by atoms with Crippen molar-refractivity contribution in [1.29, 1.82) is 0 Å². The summed E-state index contributed by atoms with van der Waals surface area (Å²) in [6, 6.07) is 2.71. The lowest BCUT2D eigenvalue weighted by Gasteiger charge is -2.22. The largest absolute Gasteiger partial charge is 0.495 e. The van der Waals surface area contributed by atoms with Crippen LogP contribution in [0, 0.1) is 10.1 Å². The third-order valence-electron chi connectivity index (χ3n) is 3.51. The molecule has 1 aromatic carbocycles. The van der Waals surface area contributed by atoms with Gasteiger partial charge in [-0.25, -0.2) is 4.79 Å². The molecule has 0 unspecified atom stereocenters.